The lowest BCUT2D eigenvalue weighted by atomic mass is 10.1. The van der Waals surface area contributed by atoms with E-state index in [0.717, 1.165) is 18.9 Å². The molecule has 1 saturated carbocycles. The largest absolute Gasteiger partial charge is 0.370 e. The minimum absolute atomic E-state index is 0.215. The molecule has 3 N–H and O–H groups in total. The first-order chi connectivity index (χ1) is 5.74. The van der Waals surface area contributed by atoms with Gasteiger partial charge in [0.1, 0.15) is 0 Å². The summed E-state index contributed by atoms with van der Waals surface area (Å²) in [6.07, 6.45) is 4.32. The van der Waals surface area contributed by atoms with Crippen LogP contribution in [0, 0.1) is 5.92 Å². The molecule has 0 radical (unpaired) electrons. The van der Waals surface area contributed by atoms with E-state index in [4.69, 9.17) is 5.73 Å². The number of nitrogens with one attached hydrogen (secondary N) is 1. The normalized spacial score (nSPS) is 19.1. The Morgan fingerprint density at radius 2 is 2.33 bits per heavy atom. The van der Waals surface area contributed by atoms with E-state index >= 15 is 0 Å². The van der Waals surface area contributed by atoms with Gasteiger partial charge in [-0.3, -0.25) is 4.79 Å². The number of primary amides is 1. The summed E-state index contributed by atoms with van der Waals surface area (Å²) in [7, 11) is 0. The maximum Gasteiger partial charge on any atom is 0.218 e. The third kappa shape index (κ3) is 3.22. The summed E-state index contributed by atoms with van der Waals surface area (Å²) in [5, 5.41) is 3.36. The molecule has 0 aromatic rings. The molecule has 1 amide bonds. The van der Waals surface area contributed by atoms with Crippen LogP contribution in [0.2, 0.25) is 0 Å². The Hall–Kier alpha value is -0.570. The van der Waals surface area contributed by atoms with Crippen LogP contribution in [-0.2, 0) is 4.79 Å². The van der Waals surface area contributed by atoms with Crippen LogP contribution < -0.4 is 11.1 Å². The number of nitrogens with two attached hydrogens (primary N) is 1. The minimum atomic E-state index is -0.215. The second-order valence-corrected chi connectivity index (χ2v) is 3.52. The quantitative estimate of drug-likeness (QED) is 0.614. The molecule has 0 heterocycles. The average Bonchev–Trinajstić information content (AvgIpc) is 2.80. The SMILES string of the molecule is CCC(NCCC(N)=O)C1CC1. The summed E-state index contributed by atoms with van der Waals surface area (Å²) in [4.78, 5) is 10.4. The highest BCUT2D eigenvalue weighted by Crippen LogP contribution is 2.33. The van der Waals surface area contributed by atoms with E-state index in [9.17, 15) is 4.79 Å². The van der Waals surface area contributed by atoms with Gasteiger partial charge in [0, 0.05) is 19.0 Å². The second kappa shape index (κ2) is 4.45. The van der Waals surface area contributed by atoms with Gasteiger partial charge in [0.15, 0.2) is 0 Å². The number of hydrogen-bond donors (Lipinski definition) is 2. The van der Waals surface area contributed by atoms with Crippen molar-refractivity contribution >= 4 is 5.91 Å². The van der Waals surface area contributed by atoms with Crippen LogP contribution in [0.3, 0.4) is 0 Å². The molecular formula is C9H18N2O. The Morgan fingerprint density at radius 3 is 2.75 bits per heavy atom. The molecule has 0 aromatic heterocycles. The lowest BCUT2D eigenvalue weighted by Crippen LogP contribution is -2.33. The van der Waals surface area contributed by atoms with Crippen molar-refractivity contribution in [3.63, 3.8) is 0 Å². The van der Waals surface area contributed by atoms with Crippen LogP contribution in [0.1, 0.15) is 32.6 Å². The monoisotopic (exact) mass is 170 g/mol. The molecule has 0 spiro atoms. The van der Waals surface area contributed by atoms with Crippen molar-refractivity contribution in [2.24, 2.45) is 11.7 Å². The summed E-state index contributed by atoms with van der Waals surface area (Å²) >= 11 is 0. The number of hydrogen-bond acceptors (Lipinski definition) is 2. The Kier molecular flexibility index (Phi) is 3.53. The van der Waals surface area contributed by atoms with Crippen LogP contribution in [-0.4, -0.2) is 18.5 Å². The molecule has 70 valence electrons. The molecule has 1 atom stereocenters. The van der Waals surface area contributed by atoms with Crippen molar-refractivity contribution < 1.29 is 4.79 Å². The molecular weight excluding hydrogens is 152 g/mol. The molecule has 0 aliphatic heterocycles. The Balaban J connectivity index is 2.06. The van der Waals surface area contributed by atoms with Crippen molar-refractivity contribution in [2.75, 3.05) is 6.54 Å². The fourth-order valence-corrected chi connectivity index (χ4v) is 1.52. The Labute approximate surface area is 73.7 Å². The summed E-state index contributed by atoms with van der Waals surface area (Å²) in [6, 6.07) is 0.615. The predicted octanol–water partition coefficient (Wildman–Crippen LogP) is 0.640. The summed E-state index contributed by atoms with van der Waals surface area (Å²) in [5.74, 6) is 0.649. The number of carbonyl (C=O) groups excluding carboxylic acids is 1. The van der Waals surface area contributed by atoms with E-state index in [0.29, 0.717) is 12.5 Å². The number of rotatable bonds is 6. The summed E-state index contributed by atoms with van der Waals surface area (Å²) in [5.41, 5.74) is 5.03. The van der Waals surface area contributed by atoms with Crippen LogP contribution in [0.25, 0.3) is 0 Å². The van der Waals surface area contributed by atoms with Gasteiger partial charge in [0.25, 0.3) is 0 Å². The fraction of sp³-hybridized carbons (Fsp3) is 0.889. The second-order valence-electron chi connectivity index (χ2n) is 3.52. The molecule has 0 aromatic carbocycles. The fourth-order valence-electron chi connectivity index (χ4n) is 1.52. The summed E-state index contributed by atoms with van der Waals surface area (Å²) < 4.78 is 0. The molecule has 1 rings (SSSR count). The molecule has 1 unspecified atom stereocenters. The van der Waals surface area contributed by atoms with E-state index in [1.54, 1.807) is 0 Å². The molecule has 3 heteroatoms. The van der Waals surface area contributed by atoms with E-state index in [-0.39, 0.29) is 5.91 Å². The van der Waals surface area contributed by atoms with E-state index in [1.807, 2.05) is 0 Å². The standard InChI is InChI=1S/C9H18N2O/c1-2-8(7-3-4-7)11-6-5-9(10)12/h7-8,11H,2-6H2,1H3,(H2,10,12). The highest BCUT2D eigenvalue weighted by Gasteiger charge is 2.29. The van der Waals surface area contributed by atoms with Crippen molar-refractivity contribution in [1.29, 1.82) is 0 Å². The van der Waals surface area contributed by atoms with E-state index < -0.39 is 0 Å². The molecule has 0 bridgehead atoms. The summed E-state index contributed by atoms with van der Waals surface area (Å²) in [6.45, 7) is 2.92. The van der Waals surface area contributed by atoms with Gasteiger partial charge in [-0.2, -0.15) is 0 Å². The van der Waals surface area contributed by atoms with Crippen molar-refractivity contribution in [3.8, 4) is 0 Å². The lowest BCUT2D eigenvalue weighted by Gasteiger charge is -2.14. The molecule has 12 heavy (non-hydrogen) atoms. The zero-order valence-corrected chi connectivity index (χ0v) is 7.68. The first-order valence-electron chi connectivity index (χ1n) is 4.75. The van der Waals surface area contributed by atoms with Gasteiger partial charge in [-0.05, 0) is 25.2 Å². The predicted molar refractivity (Wildman–Crippen MR) is 48.6 cm³/mol. The molecule has 1 fully saturated rings. The van der Waals surface area contributed by atoms with Crippen LogP contribution in [0.4, 0.5) is 0 Å². The zero-order chi connectivity index (χ0) is 8.97. The van der Waals surface area contributed by atoms with Gasteiger partial charge < -0.3 is 11.1 Å². The molecule has 1 aliphatic carbocycles. The first kappa shape index (κ1) is 9.52. The number of carbonyl (C=O) groups is 1. The third-order valence-electron chi connectivity index (χ3n) is 2.41. The molecule has 3 nitrogen and oxygen atoms in total. The van der Waals surface area contributed by atoms with Crippen molar-refractivity contribution in [1.82, 2.24) is 5.32 Å². The highest BCUT2D eigenvalue weighted by molar-refractivity contribution is 5.73. The van der Waals surface area contributed by atoms with Gasteiger partial charge >= 0.3 is 0 Å². The maximum absolute atomic E-state index is 10.4. The highest BCUT2D eigenvalue weighted by atomic mass is 16.1. The Morgan fingerprint density at radius 1 is 1.67 bits per heavy atom. The average molecular weight is 170 g/mol. The Bertz CT molecular complexity index is 155. The van der Waals surface area contributed by atoms with Gasteiger partial charge in [0.05, 0.1) is 0 Å². The van der Waals surface area contributed by atoms with E-state index in [1.165, 1.54) is 12.8 Å². The van der Waals surface area contributed by atoms with Crippen LogP contribution in [0.5, 0.6) is 0 Å². The van der Waals surface area contributed by atoms with Gasteiger partial charge in [-0.25, -0.2) is 0 Å². The topological polar surface area (TPSA) is 55.1 Å². The maximum atomic E-state index is 10.4. The van der Waals surface area contributed by atoms with Crippen molar-refractivity contribution in [2.45, 2.75) is 38.6 Å². The first-order valence-corrected chi connectivity index (χ1v) is 4.75. The van der Waals surface area contributed by atoms with Gasteiger partial charge in [0.2, 0.25) is 5.91 Å². The van der Waals surface area contributed by atoms with Crippen LogP contribution in [0.15, 0.2) is 0 Å². The minimum Gasteiger partial charge on any atom is -0.370 e. The van der Waals surface area contributed by atoms with Crippen LogP contribution >= 0.6 is 0 Å². The number of amides is 1. The lowest BCUT2D eigenvalue weighted by molar-refractivity contribution is -0.117. The van der Waals surface area contributed by atoms with E-state index in [2.05, 4.69) is 12.2 Å². The zero-order valence-electron chi connectivity index (χ0n) is 7.68. The van der Waals surface area contributed by atoms with Crippen molar-refractivity contribution in [3.05, 3.63) is 0 Å². The molecule has 1 aliphatic rings. The third-order valence-corrected chi connectivity index (χ3v) is 2.41. The van der Waals surface area contributed by atoms with Gasteiger partial charge in [-0.15, -0.1) is 0 Å². The molecule has 0 saturated heterocycles. The van der Waals surface area contributed by atoms with Gasteiger partial charge in [-0.1, -0.05) is 6.92 Å². The smallest absolute Gasteiger partial charge is 0.218 e.